The molecular weight excluding hydrogens is 395 g/mol. The second kappa shape index (κ2) is 9.57. The first-order valence-electron chi connectivity index (χ1n) is 9.36. The number of hydrogen-bond acceptors (Lipinski definition) is 4. The molecule has 1 heterocycles. The predicted molar refractivity (Wildman–Crippen MR) is 115 cm³/mol. The third kappa shape index (κ3) is 5.07. The first kappa shape index (κ1) is 23.1. The van der Waals surface area contributed by atoms with E-state index in [0.29, 0.717) is 24.4 Å². The van der Waals surface area contributed by atoms with Gasteiger partial charge < -0.3 is 20.1 Å². The van der Waals surface area contributed by atoms with Crippen LogP contribution >= 0.6 is 12.4 Å². The van der Waals surface area contributed by atoms with Crippen molar-refractivity contribution in [1.82, 2.24) is 5.32 Å². The molecule has 2 aromatic carbocycles. The Hall–Kier alpha value is -2.15. The van der Waals surface area contributed by atoms with Crippen LogP contribution in [0.15, 0.2) is 36.4 Å². The van der Waals surface area contributed by atoms with Gasteiger partial charge in [-0.25, -0.2) is 4.39 Å². The molecule has 5 nitrogen and oxygen atoms in total. The molecule has 7 heteroatoms. The van der Waals surface area contributed by atoms with E-state index in [1.165, 1.54) is 6.07 Å². The fourth-order valence-electron chi connectivity index (χ4n) is 3.70. The van der Waals surface area contributed by atoms with Crippen LogP contribution in [0.1, 0.15) is 36.6 Å². The van der Waals surface area contributed by atoms with Crippen LogP contribution in [0.4, 0.5) is 10.1 Å². The molecular formula is C22H28ClFN2O3. The number of rotatable bonds is 6. The van der Waals surface area contributed by atoms with Gasteiger partial charge in [0, 0.05) is 24.8 Å². The van der Waals surface area contributed by atoms with Crippen molar-refractivity contribution in [2.45, 2.75) is 31.7 Å². The Balaban J connectivity index is 0.00000300. The van der Waals surface area contributed by atoms with Crippen LogP contribution in [0.2, 0.25) is 0 Å². The quantitative estimate of drug-likeness (QED) is 0.738. The molecule has 1 amide bonds. The molecule has 29 heavy (non-hydrogen) atoms. The lowest BCUT2D eigenvalue weighted by Gasteiger charge is -2.27. The number of nitrogens with one attached hydrogen (secondary N) is 2. The van der Waals surface area contributed by atoms with Crippen LogP contribution in [-0.2, 0) is 21.4 Å². The Morgan fingerprint density at radius 3 is 2.66 bits per heavy atom. The van der Waals surface area contributed by atoms with Crippen molar-refractivity contribution in [3.05, 3.63) is 58.9 Å². The molecule has 0 aliphatic carbocycles. The maximum absolute atomic E-state index is 14.6. The molecule has 0 spiro atoms. The number of anilines is 1. The zero-order chi connectivity index (χ0) is 20.3. The second-order valence-corrected chi connectivity index (χ2v) is 7.70. The minimum Gasteiger partial charge on any atom is -0.497 e. The molecule has 0 radical (unpaired) electrons. The number of carbonyl (C=O) groups excluding carboxylic acids is 1. The zero-order valence-electron chi connectivity index (χ0n) is 17.2. The van der Waals surface area contributed by atoms with Gasteiger partial charge in [0.1, 0.15) is 17.6 Å². The summed E-state index contributed by atoms with van der Waals surface area (Å²) in [6.45, 7) is 4.94. The monoisotopic (exact) mass is 422 g/mol. The first-order valence-corrected chi connectivity index (χ1v) is 9.36. The molecule has 0 bridgehead atoms. The highest BCUT2D eigenvalue weighted by Crippen LogP contribution is 2.30. The lowest BCUT2D eigenvalue weighted by atomic mass is 9.85. The lowest BCUT2D eigenvalue weighted by molar-refractivity contribution is -0.118. The van der Waals surface area contributed by atoms with Gasteiger partial charge in [-0.05, 0) is 47.4 Å². The van der Waals surface area contributed by atoms with Crippen molar-refractivity contribution in [1.29, 1.82) is 0 Å². The van der Waals surface area contributed by atoms with E-state index in [-0.39, 0.29) is 24.1 Å². The van der Waals surface area contributed by atoms with E-state index in [4.69, 9.17) is 9.47 Å². The average molecular weight is 423 g/mol. The summed E-state index contributed by atoms with van der Waals surface area (Å²) in [5, 5.41) is 6.07. The summed E-state index contributed by atoms with van der Waals surface area (Å²) in [6.07, 6.45) is 0.828. The van der Waals surface area contributed by atoms with Crippen LogP contribution in [0.5, 0.6) is 5.75 Å². The van der Waals surface area contributed by atoms with Gasteiger partial charge >= 0.3 is 0 Å². The molecule has 3 rings (SSSR count). The molecule has 0 aromatic heterocycles. The van der Waals surface area contributed by atoms with Gasteiger partial charge in [-0.2, -0.15) is 0 Å². The molecule has 1 atom stereocenters. The predicted octanol–water partition coefficient (Wildman–Crippen LogP) is 4.01. The summed E-state index contributed by atoms with van der Waals surface area (Å²) < 4.78 is 25.1. The number of ether oxygens (including phenoxy) is 2. The van der Waals surface area contributed by atoms with Crippen molar-refractivity contribution in [2.75, 3.05) is 32.7 Å². The highest BCUT2D eigenvalue weighted by Gasteiger charge is 2.28. The minimum absolute atomic E-state index is 0. The van der Waals surface area contributed by atoms with Gasteiger partial charge in [0.05, 0.1) is 13.7 Å². The summed E-state index contributed by atoms with van der Waals surface area (Å²) in [5.74, 6) is 0.201. The summed E-state index contributed by atoms with van der Waals surface area (Å²) in [7, 11) is 3.22. The van der Waals surface area contributed by atoms with Crippen LogP contribution in [-0.4, -0.2) is 33.3 Å². The van der Waals surface area contributed by atoms with Crippen molar-refractivity contribution >= 4 is 24.0 Å². The van der Waals surface area contributed by atoms with E-state index >= 15 is 0 Å². The fourth-order valence-corrected chi connectivity index (χ4v) is 3.70. The largest absolute Gasteiger partial charge is 0.497 e. The minimum atomic E-state index is -0.484. The van der Waals surface area contributed by atoms with E-state index in [9.17, 15) is 9.18 Å². The van der Waals surface area contributed by atoms with E-state index < -0.39 is 11.5 Å². The number of carbonyl (C=O) groups is 1. The van der Waals surface area contributed by atoms with Gasteiger partial charge in [0.15, 0.2) is 0 Å². The summed E-state index contributed by atoms with van der Waals surface area (Å²) >= 11 is 0. The SMILES string of the molecule is COCC(C)(C)c1ccc(NC(=O)C2NCCc3cc(OC)ccc32)cc1F.Cl. The van der Waals surface area contributed by atoms with Crippen molar-refractivity contribution in [3.63, 3.8) is 0 Å². The summed E-state index contributed by atoms with van der Waals surface area (Å²) in [6, 6.07) is 10.0. The molecule has 158 valence electrons. The van der Waals surface area contributed by atoms with Gasteiger partial charge in [-0.3, -0.25) is 4.79 Å². The van der Waals surface area contributed by atoms with E-state index in [2.05, 4.69) is 10.6 Å². The van der Waals surface area contributed by atoms with Crippen LogP contribution < -0.4 is 15.4 Å². The zero-order valence-corrected chi connectivity index (χ0v) is 18.0. The van der Waals surface area contributed by atoms with Crippen LogP contribution in [0, 0.1) is 5.82 Å². The highest BCUT2D eigenvalue weighted by molar-refractivity contribution is 5.96. The lowest BCUT2D eigenvalue weighted by Crippen LogP contribution is -2.38. The van der Waals surface area contributed by atoms with Gasteiger partial charge in [-0.1, -0.05) is 26.0 Å². The Bertz CT molecular complexity index is 873. The fraction of sp³-hybridized carbons (Fsp3) is 0.409. The third-order valence-electron chi connectivity index (χ3n) is 5.14. The number of amides is 1. The second-order valence-electron chi connectivity index (χ2n) is 7.70. The Morgan fingerprint density at radius 2 is 2.00 bits per heavy atom. The molecule has 0 saturated carbocycles. The molecule has 0 saturated heterocycles. The average Bonchev–Trinajstić information content (AvgIpc) is 2.66. The standard InChI is InChI=1S/C22H27FN2O3.ClH/c1-22(2,13-27-3)18-8-5-15(12-19(18)23)25-21(26)20-17-7-6-16(28-4)11-14(17)9-10-24-20;/h5-8,11-12,20,24H,9-10,13H2,1-4H3,(H,25,26);1H. The van der Waals surface area contributed by atoms with Crippen molar-refractivity contribution in [2.24, 2.45) is 0 Å². The van der Waals surface area contributed by atoms with Gasteiger partial charge in [0.25, 0.3) is 0 Å². The number of methoxy groups -OCH3 is 2. The topological polar surface area (TPSA) is 59.6 Å². The smallest absolute Gasteiger partial charge is 0.246 e. The van der Waals surface area contributed by atoms with Crippen LogP contribution in [0.3, 0.4) is 0 Å². The first-order chi connectivity index (χ1) is 13.4. The molecule has 2 aromatic rings. The Morgan fingerprint density at radius 1 is 1.24 bits per heavy atom. The number of halogens is 2. The molecule has 1 unspecified atom stereocenters. The maximum atomic E-state index is 14.6. The maximum Gasteiger partial charge on any atom is 0.246 e. The number of benzene rings is 2. The number of fused-ring (bicyclic) bond motifs is 1. The Labute approximate surface area is 177 Å². The van der Waals surface area contributed by atoms with Crippen LogP contribution in [0.25, 0.3) is 0 Å². The summed E-state index contributed by atoms with van der Waals surface area (Å²) in [5.41, 5.74) is 2.54. The molecule has 2 N–H and O–H groups in total. The van der Waals surface area contributed by atoms with Gasteiger partial charge in [0.2, 0.25) is 5.91 Å². The molecule has 1 aliphatic heterocycles. The van der Waals surface area contributed by atoms with Crippen molar-refractivity contribution in [3.8, 4) is 5.75 Å². The van der Waals surface area contributed by atoms with Crippen molar-refractivity contribution < 1.29 is 18.7 Å². The summed E-state index contributed by atoms with van der Waals surface area (Å²) in [4.78, 5) is 12.8. The van der Waals surface area contributed by atoms with E-state index in [0.717, 1.165) is 23.3 Å². The number of hydrogen-bond donors (Lipinski definition) is 2. The highest BCUT2D eigenvalue weighted by atomic mass is 35.5. The van der Waals surface area contributed by atoms with Gasteiger partial charge in [-0.15, -0.1) is 12.4 Å². The normalized spacial score (nSPS) is 15.8. The third-order valence-corrected chi connectivity index (χ3v) is 5.14. The Kier molecular flexibility index (Phi) is 7.63. The molecule has 0 fully saturated rings. The van der Waals surface area contributed by atoms with E-state index in [1.54, 1.807) is 26.4 Å². The molecule has 1 aliphatic rings. The van der Waals surface area contributed by atoms with E-state index in [1.807, 2.05) is 32.0 Å².